The Kier molecular flexibility index (Phi) is 6.86. The van der Waals surface area contributed by atoms with Gasteiger partial charge in [-0.3, -0.25) is 4.68 Å². The van der Waals surface area contributed by atoms with E-state index >= 15 is 0 Å². The second kappa shape index (κ2) is 10.0. The van der Waals surface area contributed by atoms with Crippen molar-refractivity contribution in [1.29, 1.82) is 0 Å². The first-order valence-electron chi connectivity index (χ1n) is 11.6. The first-order chi connectivity index (χ1) is 16.9. The molecule has 0 bridgehead atoms. The normalized spacial score (nSPS) is 17.9. The van der Waals surface area contributed by atoms with Crippen molar-refractivity contribution in [2.45, 2.75) is 31.9 Å². The average molecular weight is 516 g/mol. The van der Waals surface area contributed by atoms with Crippen molar-refractivity contribution in [1.82, 2.24) is 24.7 Å². The second-order valence-corrected chi connectivity index (χ2v) is 10.3. The third-order valence-corrected chi connectivity index (χ3v) is 7.22. The monoisotopic (exact) mass is 515 g/mol. The number of fused-ring (bicyclic) bond motifs is 1. The van der Waals surface area contributed by atoms with Crippen LogP contribution in [0.3, 0.4) is 0 Å². The van der Waals surface area contributed by atoms with Crippen molar-refractivity contribution >= 4 is 44.4 Å². The van der Waals surface area contributed by atoms with Gasteiger partial charge in [-0.25, -0.2) is 9.37 Å². The smallest absolute Gasteiger partial charge is 0.228 e. The maximum absolute atomic E-state index is 14.7. The molecule has 184 valence electrons. The van der Waals surface area contributed by atoms with E-state index in [9.17, 15) is 4.39 Å². The zero-order chi connectivity index (χ0) is 24.5. The molecule has 1 atom stereocenters. The molecule has 2 fully saturated rings. The molecule has 1 saturated carbocycles. The van der Waals surface area contributed by atoms with Gasteiger partial charge < -0.3 is 14.5 Å². The van der Waals surface area contributed by atoms with Crippen LogP contribution < -0.4 is 9.80 Å². The molecule has 1 aromatic carbocycles. The summed E-state index contributed by atoms with van der Waals surface area (Å²) in [4.78, 5) is 17.9. The Morgan fingerprint density at radius 3 is 2.69 bits per heavy atom. The van der Waals surface area contributed by atoms with E-state index in [-0.39, 0.29) is 6.10 Å². The maximum atomic E-state index is 14.7. The minimum atomic E-state index is -0.413. The summed E-state index contributed by atoms with van der Waals surface area (Å²) in [5.41, 5.74) is 1.49. The standard InChI is InChI=1S/C18H19ClFN5OS.C6H8N2/c1-10-9-25(6-7-26-10)17-21-14(12-5-4-11(19)8-13(12)20)15-16(22-17)23-18(27-15)24(2)3;1-4-7-8(5-1)6-2-3-6/h4-5,8,10H,6-7,9H2,1-3H3;1,4-6H,2-3H2. The number of nitrogens with zero attached hydrogens (tertiary/aromatic N) is 7. The van der Waals surface area contributed by atoms with Crippen LogP contribution in [0, 0.1) is 5.82 Å². The third-order valence-electron chi connectivity index (χ3n) is 5.77. The molecule has 4 heterocycles. The van der Waals surface area contributed by atoms with E-state index < -0.39 is 5.82 Å². The van der Waals surface area contributed by atoms with Crippen LogP contribution in [0.5, 0.6) is 0 Å². The van der Waals surface area contributed by atoms with Gasteiger partial charge in [-0.05, 0) is 44.0 Å². The Bertz CT molecular complexity index is 1310. The number of morpholine rings is 1. The Morgan fingerprint density at radius 2 is 2.03 bits per heavy atom. The van der Waals surface area contributed by atoms with Gasteiger partial charge in [0.05, 0.1) is 24.4 Å². The lowest BCUT2D eigenvalue weighted by Crippen LogP contribution is -2.42. The van der Waals surface area contributed by atoms with E-state index in [2.05, 4.69) is 20.0 Å². The molecule has 35 heavy (non-hydrogen) atoms. The van der Waals surface area contributed by atoms with Gasteiger partial charge >= 0.3 is 0 Å². The molecule has 0 radical (unpaired) electrons. The lowest BCUT2D eigenvalue weighted by molar-refractivity contribution is 0.0526. The first-order valence-corrected chi connectivity index (χ1v) is 12.8. The Morgan fingerprint density at radius 1 is 1.20 bits per heavy atom. The summed E-state index contributed by atoms with van der Waals surface area (Å²) in [6.45, 7) is 3.98. The van der Waals surface area contributed by atoms with Crippen molar-refractivity contribution in [3.8, 4) is 11.3 Å². The van der Waals surface area contributed by atoms with Gasteiger partial charge in [-0.2, -0.15) is 15.1 Å². The Balaban J connectivity index is 0.000000265. The van der Waals surface area contributed by atoms with Crippen molar-refractivity contribution in [2.75, 3.05) is 43.6 Å². The van der Waals surface area contributed by atoms with E-state index in [1.165, 1.54) is 30.2 Å². The molecule has 4 aromatic rings. The highest BCUT2D eigenvalue weighted by molar-refractivity contribution is 7.22. The van der Waals surface area contributed by atoms with E-state index in [0.29, 0.717) is 47.6 Å². The Labute approximate surface area is 212 Å². The van der Waals surface area contributed by atoms with Gasteiger partial charge in [0.1, 0.15) is 10.5 Å². The predicted octanol–water partition coefficient (Wildman–Crippen LogP) is 5.05. The van der Waals surface area contributed by atoms with Crippen LogP contribution in [-0.2, 0) is 4.74 Å². The number of benzene rings is 1. The van der Waals surface area contributed by atoms with Gasteiger partial charge in [0.25, 0.3) is 0 Å². The van der Waals surface area contributed by atoms with Gasteiger partial charge in [0.2, 0.25) is 5.95 Å². The van der Waals surface area contributed by atoms with Crippen LogP contribution in [0.25, 0.3) is 21.6 Å². The van der Waals surface area contributed by atoms with Gasteiger partial charge in [0.15, 0.2) is 10.8 Å². The highest BCUT2D eigenvalue weighted by atomic mass is 35.5. The third kappa shape index (κ3) is 5.39. The number of halogens is 2. The average Bonchev–Trinajstić information content (AvgIpc) is 3.35. The molecule has 0 spiro atoms. The summed E-state index contributed by atoms with van der Waals surface area (Å²) < 4.78 is 23.1. The van der Waals surface area contributed by atoms with Gasteiger partial charge in [-0.1, -0.05) is 22.9 Å². The lowest BCUT2D eigenvalue weighted by atomic mass is 10.1. The summed E-state index contributed by atoms with van der Waals surface area (Å²) in [5, 5.41) is 5.24. The van der Waals surface area contributed by atoms with Crippen LogP contribution in [-0.4, -0.2) is 64.6 Å². The van der Waals surface area contributed by atoms with E-state index in [1.807, 2.05) is 49.1 Å². The van der Waals surface area contributed by atoms with Crippen LogP contribution in [0.4, 0.5) is 15.5 Å². The minimum absolute atomic E-state index is 0.0848. The zero-order valence-corrected chi connectivity index (χ0v) is 21.4. The molecule has 6 rings (SSSR count). The summed E-state index contributed by atoms with van der Waals surface area (Å²) in [5.74, 6) is 0.126. The molecule has 0 amide bonds. The van der Waals surface area contributed by atoms with Crippen LogP contribution in [0.1, 0.15) is 25.8 Å². The SMILES string of the molecule is CC1CN(c2nc(-c3ccc(Cl)cc3F)c3sc(N(C)C)nc3n2)CCO1.c1cnn(C2CC2)c1. The molecule has 0 N–H and O–H groups in total. The highest BCUT2D eigenvalue weighted by Crippen LogP contribution is 2.37. The Hall–Kier alpha value is -2.82. The molecule has 1 aliphatic heterocycles. The van der Waals surface area contributed by atoms with Crippen molar-refractivity contribution < 1.29 is 9.13 Å². The van der Waals surface area contributed by atoms with Gasteiger partial charge in [-0.15, -0.1) is 0 Å². The van der Waals surface area contributed by atoms with Crippen molar-refractivity contribution in [2.24, 2.45) is 0 Å². The van der Waals surface area contributed by atoms with Crippen molar-refractivity contribution in [3.63, 3.8) is 0 Å². The fraction of sp³-hybridized carbons (Fsp3) is 0.417. The number of thiazole rings is 1. The molecule has 11 heteroatoms. The number of hydrogen-bond acceptors (Lipinski definition) is 8. The molecule has 8 nitrogen and oxygen atoms in total. The summed E-state index contributed by atoms with van der Waals surface area (Å²) in [6, 6.07) is 7.33. The van der Waals surface area contributed by atoms with E-state index in [1.54, 1.807) is 12.1 Å². The largest absolute Gasteiger partial charge is 0.375 e. The quantitative estimate of drug-likeness (QED) is 0.376. The predicted molar refractivity (Wildman–Crippen MR) is 138 cm³/mol. The molecule has 2 aliphatic rings. The molecular weight excluding hydrogens is 489 g/mol. The number of anilines is 2. The van der Waals surface area contributed by atoms with E-state index in [4.69, 9.17) is 21.3 Å². The van der Waals surface area contributed by atoms with E-state index in [0.717, 1.165) is 15.9 Å². The zero-order valence-electron chi connectivity index (χ0n) is 19.9. The second-order valence-electron chi connectivity index (χ2n) is 8.88. The van der Waals surface area contributed by atoms with Crippen molar-refractivity contribution in [3.05, 3.63) is 47.5 Å². The van der Waals surface area contributed by atoms with Crippen LogP contribution in [0.15, 0.2) is 36.7 Å². The number of rotatable bonds is 4. The number of hydrogen-bond donors (Lipinski definition) is 0. The molecular formula is C24H27ClFN7OS. The molecule has 1 saturated heterocycles. The molecule has 1 aliphatic carbocycles. The topological polar surface area (TPSA) is 72.2 Å². The fourth-order valence-electron chi connectivity index (χ4n) is 3.83. The number of aromatic nitrogens is 5. The summed E-state index contributed by atoms with van der Waals surface area (Å²) >= 11 is 7.37. The van der Waals surface area contributed by atoms with Crippen LogP contribution in [0.2, 0.25) is 5.02 Å². The van der Waals surface area contributed by atoms with Crippen LogP contribution >= 0.6 is 22.9 Å². The lowest BCUT2D eigenvalue weighted by Gasteiger charge is -2.31. The molecule has 3 aromatic heterocycles. The summed E-state index contributed by atoms with van der Waals surface area (Å²) in [6.07, 6.45) is 6.58. The summed E-state index contributed by atoms with van der Waals surface area (Å²) in [7, 11) is 3.83. The first kappa shape index (κ1) is 23.9. The fourth-order valence-corrected chi connectivity index (χ4v) is 4.93. The highest BCUT2D eigenvalue weighted by Gasteiger charge is 2.24. The minimum Gasteiger partial charge on any atom is -0.375 e. The number of ether oxygens (including phenoxy) is 1. The maximum Gasteiger partial charge on any atom is 0.228 e. The van der Waals surface area contributed by atoms with Gasteiger partial charge in [0, 0.05) is 50.2 Å². The molecule has 1 unspecified atom stereocenters.